The number of unbranched alkanes of at least 4 members (excludes halogenated alkanes) is 1. The van der Waals surface area contributed by atoms with Gasteiger partial charge in [-0.05, 0) is 25.2 Å². The summed E-state index contributed by atoms with van der Waals surface area (Å²) < 4.78 is 2.47. The molecule has 0 aliphatic heterocycles. The fraction of sp³-hybridized carbons (Fsp3) is 0.714. The Kier molecular flexibility index (Phi) is 4.72. The smallest absolute Gasteiger partial charge is 0.332 e. The summed E-state index contributed by atoms with van der Waals surface area (Å²) >= 11 is 0. The van der Waals surface area contributed by atoms with Crippen LogP contribution in [0.15, 0.2) is 9.59 Å². The minimum atomic E-state index is -0.481. The highest BCUT2D eigenvalue weighted by atomic mass is 16.3. The first-order valence-corrected chi connectivity index (χ1v) is 7.48. The quantitative estimate of drug-likeness (QED) is 0.663. The van der Waals surface area contributed by atoms with E-state index in [1.807, 2.05) is 6.92 Å². The van der Waals surface area contributed by atoms with Gasteiger partial charge < -0.3 is 16.2 Å². The van der Waals surface area contributed by atoms with Gasteiger partial charge in [0.25, 0.3) is 5.56 Å². The maximum absolute atomic E-state index is 12.2. The highest BCUT2D eigenvalue weighted by molar-refractivity contribution is 5.60. The van der Waals surface area contributed by atoms with Crippen LogP contribution in [0.5, 0.6) is 0 Å². The molecule has 7 heteroatoms. The Labute approximate surface area is 123 Å². The molecule has 0 radical (unpaired) electrons. The average molecular weight is 296 g/mol. The maximum atomic E-state index is 12.2. The topological polar surface area (TPSA) is 102 Å². The van der Waals surface area contributed by atoms with Crippen LogP contribution >= 0.6 is 0 Å². The zero-order chi connectivity index (χ0) is 15.6. The lowest BCUT2D eigenvalue weighted by Gasteiger charge is -2.17. The lowest BCUT2D eigenvalue weighted by atomic mass is 10.2. The molecule has 0 bridgehead atoms. The number of rotatable bonds is 7. The van der Waals surface area contributed by atoms with Gasteiger partial charge in [-0.3, -0.25) is 13.9 Å². The molecule has 1 unspecified atom stereocenters. The van der Waals surface area contributed by atoms with Crippen molar-refractivity contribution in [1.29, 1.82) is 0 Å². The number of aliphatic hydroxyl groups excluding tert-OH is 1. The SMILES string of the molecule is CCCCn1c(N)c(NCC(O)C2CC2)c(=O)n(C)c1=O. The fourth-order valence-electron chi connectivity index (χ4n) is 2.34. The number of nitrogens with one attached hydrogen (secondary N) is 1. The molecule has 0 amide bonds. The van der Waals surface area contributed by atoms with Gasteiger partial charge in [0.15, 0.2) is 0 Å². The molecule has 1 aromatic heterocycles. The zero-order valence-corrected chi connectivity index (χ0v) is 12.6. The highest BCUT2D eigenvalue weighted by Crippen LogP contribution is 2.32. The van der Waals surface area contributed by atoms with Gasteiger partial charge in [-0.1, -0.05) is 13.3 Å². The lowest BCUT2D eigenvalue weighted by Crippen LogP contribution is -2.41. The van der Waals surface area contributed by atoms with Crippen LogP contribution < -0.4 is 22.3 Å². The van der Waals surface area contributed by atoms with Crippen molar-refractivity contribution >= 4 is 11.5 Å². The molecule has 0 spiro atoms. The largest absolute Gasteiger partial charge is 0.391 e. The van der Waals surface area contributed by atoms with Gasteiger partial charge in [0.1, 0.15) is 11.5 Å². The lowest BCUT2D eigenvalue weighted by molar-refractivity contribution is 0.164. The molecule has 7 nitrogen and oxygen atoms in total. The van der Waals surface area contributed by atoms with Gasteiger partial charge in [-0.15, -0.1) is 0 Å². The molecule has 1 saturated carbocycles. The van der Waals surface area contributed by atoms with Gasteiger partial charge in [0, 0.05) is 20.1 Å². The molecule has 4 N–H and O–H groups in total. The maximum Gasteiger partial charge on any atom is 0.332 e. The number of nitrogens with two attached hydrogens (primary N) is 1. The Bertz CT molecular complexity index is 616. The first-order valence-electron chi connectivity index (χ1n) is 7.48. The van der Waals surface area contributed by atoms with Crippen molar-refractivity contribution in [3.63, 3.8) is 0 Å². The van der Waals surface area contributed by atoms with E-state index in [4.69, 9.17) is 5.73 Å². The summed E-state index contributed by atoms with van der Waals surface area (Å²) in [4.78, 5) is 24.3. The molecule has 1 atom stereocenters. The van der Waals surface area contributed by atoms with Crippen LogP contribution in [0, 0.1) is 5.92 Å². The van der Waals surface area contributed by atoms with E-state index in [0.717, 1.165) is 30.3 Å². The summed E-state index contributed by atoms with van der Waals surface area (Å²) in [7, 11) is 1.44. The third-order valence-electron chi connectivity index (χ3n) is 3.97. The zero-order valence-electron chi connectivity index (χ0n) is 12.6. The van der Waals surface area contributed by atoms with Gasteiger partial charge in [-0.2, -0.15) is 0 Å². The molecule has 1 fully saturated rings. The number of anilines is 2. The standard InChI is InChI=1S/C14H24N4O3/c1-3-4-7-18-12(15)11(13(20)17(2)14(18)21)16-8-10(19)9-5-6-9/h9-10,16,19H,3-8,15H2,1-2H3. The van der Waals surface area contributed by atoms with Crippen LogP contribution in [0.1, 0.15) is 32.6 Å². The van der Waals surface area contributed by atoms with Crippen LogP contribution in [0.2, 0.25) is 0 Å². The number of hydrogen-bond donors (Lipinski definition) is 3. The Hall–Kier alpha value is -1.76. The van der Waals surface area contributed by atoms with Crippen molar-refractivity contribution < 1.29 is 5.11 Å². The minimum absolute atomic E-state index is 0.152. The molecule has 21 heavy (non-hydrogen) atoms. The molecule has 1 aliphatic rings. The molecule has 1 heterocycles. The van der Waals surface area contributed by atoms with Crippen molar-refractivity contribution in [3.8, 4) is 0 Å². The summed E-state index contributed by atoms with van der Waals surface area (Å²) in [6, 6.07) is 0. The van der Waals surface area contributed by atoms with Gasteiger partial charge in [-0.25, -0.2) is 4.79 Å². The van der Waals surface area contributed by atoms with E-state index < -0.39 is 17.4 Å². The van der Waals surface area contributed by atoms with Crippen molar-refractivity contribution in [3.05, 3.63) is 20.8 Å². The summed E-state index contributed by atoms with van der Waals surface area (Å²) in [5.41, 5.74) is 5.33. The number of hydrogen-bond acceptors (Lipinski definition) is 5. The van der Waals surface area contributed by atoms with Crippen molar-refractivity contribution in [1.82, 2.24) is 9.13 Å². The molecule has 0 aromatic carbocycles. The third-order valence-corrected chi connectivity index (χ3v) is 3.97. The Balaban J connectivity index is 2.28. The molecular formula is C14H24N4O3. The van der Waals surface area contributed by atoms with Gasteiger partial charge in [0.05, 0.1) is 6.10 Å². The van der Waals surface area contributed by atoms with Crippen molar-refractivity contribution in [2.45, 2.75) is 45.3 Å². The minimum Gasteiger partial charge on any atom is -0.391 e. The number of aromatic nitrogens is 2. The molecule has 118 valence electrons. The van der Waals surface area contributed by atoms with Crippen LogP contribution in [-0.4, -0.2) is 26.9 Å². The summed E-state index contributed by atoms with van der Waals surface area (Å²) in [6.07, 6.45) is 3.30. The summed E-state index contributed by atoms with van der Waals surface area (Å²) in [5, 5.41) is 12.8. The van der Waals surface area contributed by atoms with Crippen LogP contribution in [-0.2, 0) is 13.6 Å². The monoisotopic (exact) mass is 296 g/mol. The second kappa shape index (κ2) is 6.34. The first-order chi connectivity index (χ1) is 9.97. The van der Waals surface area contributed by atoms with Gasteiger partial charge in [0.2, 0.25) is 0 Å². The highest BCUT2D eigenvalue weighted by Gasteiger charge is 2.29. The molecule has 0 saturated heterocycles. The van der Waals surface area contributed by atoms with Crippen molar-refractivity contribution in [2.75, 3.05) is 17.6 Å². The van der Waals surface area contributed by atoms with E-state index in [2.05, 4.69) is 5.32 Å². The predicted molar refractivity (Wildman–Crippen MR) is 82.5 cm³/mol. The third kappa shape index (κ3) is 3.29. The van der Waals surface area contributed by atoms with E-state index in [1.165, 1.54) is 11.6 Å². The van der Waals surface area contributed by atoms with Crippen LogP contribution in [0.4, 0.5) is 11.5 Å². The average Bonchev–Trinajstić information content (AvgIpc) is 3.29. The van der Waals surface area contributed by atoms with Crippen LogP contribution in [0.25, 0.3) is 0 Å². The van der Waals surface area contributed by atoms with E-state index in [-0.39, 0.29) is 18.1 Å². The summed E-state index contributed by atoms with van der Waals surface area (Å²) in [6.45, 7) is 2.78. The first kappa shape index (κ1) is 15.6. The summed E-state index contributed by atoms with van der Waals surface area (Å²) in [5.74, 6) is 0.466. The molecular weight excluding hydrogens is 272 g/mol. The van der Waals surface area contributed by atoms with Crippen molar-refractivity contribution in [2.24, 2.45) is 13.0 Å². The fourth-order valence-corrected chi connectivity index (χ4v) is 2.34. The Morgan fingerprint density at radius 1 is 1.43 bits per heavy atom. The normalized spacial score (nSPS) is 16.0. The Morgan fingerprint density at radius 2 is 2.10 bits per heavy atom. The van der Waals surface area contributed by atoms with E-state index in [1.54, 1.807) is 0 Å². The Morgan fingerprint density at radius 3 is 2.67 bits per heavy atom. The molecule has 2 rings (SSSR count). The van der Waals surface area contributed by atoms with E-state index in [9.17, 15) is 14.7 Å². The number of nitrogens with zero attached hydrogens (tertiary/aromatic N) is 2. The van der Waals surface area contributed by atoms with Crippen LogP contribution in [0.3, 0.4) is 0 Å². The molecule has 1 aromatic rings. The van der Waals surface area contributed by atoms with E-state index in [0.29, 0.717) is 12.5 Å². The van der Waals surface area contributed by atoms with E-state index >= 15 is 0 Å². The number of aliphatic hydroxyl groups is 1. The second-order valence-corrected chi connectivity index (χ2v) is 5.70. The number of nitrogen functional groups attached to an aromatic ring is 1. The second-order valence-electron chi connectivity index (χ2n) is 5.70. The molecule has 1 aliphatic carbocycles. The predicted octanol–water partition coefficient (Wildman–Crippen LogP) is 0.112. The van der Waals surface area contributed by atoms with Gasteiger partial charge >= 0.3 is 5.69 Å².